The highest BCUT2D eigenvalue weighted by Crippen LogP contribution is 2.30. The van der Waals surface area contributed by atoms with Gasteiger partial charge in [0.15, 0.2) is 0 Å². The van der Waals surface area contributed by atoms with Crippen molar-refractivity contribution < 1.29 is 0 Å². The number of likely N-dealkylation sites (N-methyl/N-ethyl adjacent to an activating group) is 4. The van der Waals surface area contributed by atoms with Gasteiger partial charge in [-0.1, -0.05) is 83.1 Å². The van der Waals surface area contributed by atoms with Crippen LogP contribution >= 0.6 is 0 Å². The predicted octanol–water partition coefficient (Wildman–Crippen LogP) is 11.4. The Balaban J connectivity index is 0.000000405. The van der Waals surface area contributed by atoms with Gasteiger partial charge in [0, 0.05) is 129 Å². The van der Waals surface area contributed by atoms with Crippen LogP contribution in [0.25, 0.3) is 0 Å². The molecule has 4 aliphatic carbocycles. The van der Waals surface area contributed by atoms with Gasteiger partial charge in [0.2, 0.25) is 0 Å². The fourth-order valence-corrected chi connectivity index (χ4v) is 11.2. The second-order valence-electron chi connectivity index (χ2n) is 21.0. The molecule has 8 rings (SSSR count). The Morgan fingerprint density at radius 3 is 0.453 bits per heavy atom. The summed E-state index contributed by atoms with van der Waals surface area (Å²) in [6.45, 7) is 46.2. The SMILES string of the molecule is CC.CC.CC.CC.CC1CCC(N2CCN(C)CC2)CC1.CC1CCC(N2CCN(C)CC2)CC1.CC1CCC(N2CCN(C)CC2)CC1.CC1CCC(N2CCN(C)CC2)CC1. The molecule has 0 aromatic heterocycles. The molecule has 4 saturated carbocycles. The van der Waals surface area contributed by atoms with E-state index in [1.165, 1.54) is 207 Å². The molecule has 8 fully saturated rings. The van der Waals surface area contributed by atoms with Crippen molar-refractivity contribution >= 4 is 0 Å². The van der Waals surface area contributed by atoms with Crippen molar-refractivity contribution in [3.8, 4) is 0 Å². The van der Waals surface area contributed by atoms with Gasteiger partial charge >= 0.3 is 0 Å². The van der Waals surface area contributed by atoms with Gasteiger partial charge in [0.25, 0.3) is 0 Å². The summed E-state index contributed by atoms with van der Waals surface area (Å²) >= 11 is 0. The molecule has 8 nitrogen and oxygen atoms in total. The second-order valence-corrected chi connectivity index (χ2v) is 21.0. The van der Waals surface area contributed by atoms with Gasteiger partial charge in [-0.2, -0.15) is 0 Å². The minimum atomic E-state index is 0.917. The number of hydrogen-bond donors (Lipinski definition) is 0. The maximum absolute atomic E-state index is 2.73. The van der Waals surface area contributed by atoms with E-state index >= 15 is 0 Å². The first-order chi connectivity index (χ1) is 31.0. The van der Waals surface area contributed by atoms with E-state index in [1.54, 1.807) is 0 Å². The molecular formula is C56H120N8. The molecule has 0 amide bonds. The summed E-state index contributed by atoms with van der Waals surface area (Å²) in [6.07, 6.45) is 23.2. The van der Waals surface area contributed by atoms with Crippen LogP contribution in [0.2, 0.25) is 0 Å². The van der Waals surface area contributed by atoms with Crippen molar-refractivity contribution in [3.05, 3.63) is 0 Å². The summed E-state index contributed by atoms with van der Waals surface area (Å²) < 4.78 is 0. The Morgan fingerprint density at radius 1 is 0.203 bits per heavy atom. The number of rotatable bonds is 4. The third-order valence-electron chi connectivity index (χ3n) is 16.2. The molecule has 4 heterocycles. The maximum Gasteiger partial charge on any atom is 0.0113 e. The van der Waals surface area contributed by atoms with Crippen LogP contribution in [0.3, 0.4) is 0 Å². The summed E-state index contributed by atoms with van der Waals surface area (Å²) in [5.41, 5.74) is 0. The fraction of sp³-hybridized carbons (Fsp3) is 1.00. The van der Waals surface area contributed by atoms with E-state index in [2.05, 4.69) is 95.1 Å². The summed E-state index contributed by atoms with van der Waals surface area (Å²) in [7, 11) is 8.95. The molecule has 8 aliphatic rings. The van der Waals surface area contributed by atoms with Gasteiger partial charge in [-0.05, 0) is 155 Å². The molecular weight excluding hydrogens is 785 g/mol. The highest BCUT2D eigenvalue weighted by molar-refractivity contribution is 4.85. The highest BCUT2D eigenvalue weighted by Gasteiger charge is 2.29. The summed E-state index contributed by atoms with van der Waals surface area (Å²) in [5.74, 6) is 3.94. The Bertz CT molecular complexity index is 742. The van der Waals surface area contributed by atoms with Gasteiger partial charge in [-0.15, -0.1) is 0 Å². The largest absolute Gasteiger partial charge is 0.304 e. The molecule has 0 unspecified atom stereocenters. The quantitative estimate of drug-likeness (QED) is 0.275. The van der Waals surface area contributed by atoms with E-state index in [0.717, 1.165) is 47.8 Å². The normalized spacial score (nSPS) is 33.0. The highest BCUT2D eigenvalue weighted by atomic mass is 15.3. The third kappa shape index (κ3) is 24.8. The lowest BCUT2D eigenvalue weighted by atomic mass is 9.86. The van der Waals surface area contributed by atoms with Gasteiger partial charge in [0.05, 0.1) is 0 Å². The zero-order valence-corrected chi connectivity index (χ0v) is 46.8. The second kappa shape index (κ2) is 37.6. The number of hydrogen-bond acceptors (Lipinski definition) is 8. The van der Waals surface area contributed by atoms with E-state index in [1.807, 2.05) is 55.4 Å². The predicted molar refractivity (Wildman–Crippen MR) is 287 cm³/mol. The fourth-order valence-electron chi connectivity index (χ4n) is 11.2. The van der Waals surface area contributed by atoms with E-state index in [9.17, 15) is 0 Å². The van der Waals surface area contributed by atoms with Crippen molar-refractivity contribution in [2.45, 2.75) is 210 Å². The Hall–Kier alpha value is -0.320. The zero-order valence-electron chi connectivity index (χ0n) is 46.8. The molecule has 0 bridgehead atoms. The van der Waals surface area contributed by atoms with Gasteiger partial charge in [0.1, 0.15) is 0 Å². The lowest BCUT2D eigenvalue weighted by molar-refractivity contribution is 0.0832. The van der Waals surface area contributed by atoms with Crippen molar-refractivity contribution in [3.63, 3.8) is 0 Å². The van der Waals surface area contributed by atoms with Crippen LogP contribution in [0.4, 0.5) is 0 Å². The third-order valence-corrected chi connectivity index (χ3v) is 16.2. The van der Waals surface area contributed by atoms with Crippen molar-refractivity contribution in [1.29, 1.82) is 0 Å². The standard InChI is InChI=1S/4C12H24N2.4C2H6/c4*1-11-3-5-12(6-4-11)14-9-7-13(2)8-10-14;4*1-2/h4*11-12H,3-10H2,1-2H3;4*1-2H3. The Kier molecular flexibility index (Phi) is 36.2. The van der Waals surface area contributed by atoms with Gasteiger partial charge in [-0.3, -0.25) is 19.6 Å². The van der Waals surface area contributed by atoms with Crippen LogP contribution in [0.15, 0.2) is 0 Å². The molecule has 0 atom stereocenters. The number of nitrogens with zero attached hydrogens (tertiary/aromatic N) is 8. The lowest BCUT2D eigenvalue weighted by Crippen LogP contribution is -2.49. The molecule has 4 aliphatic heterocycles. The molecule has 0 N–H and O–H groups in total. The van der Waals surface area contributed by atoms with Crippen LogP contribution in [0.1, 0.15) is 186 Å². The molecule has 0 aromatic carbocycles. The zero-order chi connectivity index (χ0) is 47.9. The first-order valence-corrected chi connectivity index (χ1v) is 28.7. The monoisotopic (exact) mass is 905 g/mol. The van der Waals surface area contributed by atoms with E-state index in [4.69, 9.17) is 0 Å². The van der Waals surface area contributed by atoms with Crippen molar-refractivity contribution in [1.82, 2.24) is 39.2 Å². The van der Waals surface area contributed by atoms with E-state index in [0.29, 0.717) is 0 Å². The average molecular weight is 906 g/mol. The Morgan fingerprint density at radius 2 is 0.328 bits per heavy atom. The average Bonchev–Trinajstić information content (AvgIpc) is 3.34. The molecule has 0 aromatic rings. The molecule has 8 heteroatoms. The maximum atomic E-state index is 2.73. The summed E-state index contributed by atoms with van der Waals surface area (Å²) in [4.78, 5) is 20.7. The van der Waals surface area contributed by atoms with Crippen LogP contribution in [0, 0.1) is 23.7 Å². The summed E-state index contributed by atoms with van der Waals surface area (Å²) in [5, 5.41) is 0. The van der Waals surface area contributed by atoms with Crippen LogP contribution < -0.4 is 0 Å². The van der Waals surface area contributed by atoms with Crippen molar-refractivity contribution in [2.24, 2.45) is 23.7 Å². The smallest absolute Gasteiger partial charge is 0.0113 e. The van der Waals surface area contributed by atoms with Crippen LogP contribution in [-0.2, 0) is 0 Å². The molecule has 4 saturated heterocycles. The van der Waals surface area contributed by atoms with Crippen LogP contribution in [0.5, 0.6) is 0 Å². The first kappa shape index (κ1) is 61.7. The van der Waals surface area contributed by atoms with E-state index in [-0.39, 0.29) is 0 Å². The van der Waals surface area contributed by atoms with Crippen LogP contribution in [-0.4, -0.2) is 196 Å². The van der Waals surface area contributed by atoms with Gasteiger partial charge < -0.3 is 19.6 Å². The molecule has 384 valence electrons. The molecule has 0 radical (unpaired) electrons. The lowest BCUT2D eigenvalue weighted by Gasteiger charge is -2.40. The first-order valence-electron chi connectivity index (χ1n) is 28.7. The minimum absolute atomic E-state index is 0.917. The van der Waals surface area contributed by atoms with E-state index < -0.39 is 0 Å². The molecule has 0 spiro atoms. The minimum Gasteiger partial charge on any atom is -0.304 e. The molecule has 64 heavy (non-hydrogen) atoms. The number of piperazine rings is 4. The van der Waals surface area contributed by atoms with Crippen molar-refractivity contribution in [2.75, 3.05) is 133 Å². The van der Waals surface area contributed by atoms with Gasteiger partial charge in [-0.25, -0.2) is 0 Å². The topological polar surface area (TPSA) is 25.9 Å². The summed E-state index contributed by atoms with van der Waals surface area (Å²) in [6, 6.07) is 3.67. The Labute approximate surface area is 404 Å².